The number of piperidine rings is 1. The molecule has 5 nitrogen and oxygen atoms in total. The Morgan fingerprint density at radius 3 is 2.68 bits per heavy atom. The van der Waals surface area contributed by atoms with Gasteiger partial charge < -0.3 is 14.5 Å². The van der Waals surface area contributed by atoms with Gasteiger partial charge in [-0.15, -0.1) is 0 Å². The van der Waals surface area contributed by atoms with Gasteiger partial charge in [0.2, 0.25) is 11.8 Å². The van der Waals surface area contributed by atoms with E-state index in [0.717, 1.165) is 58.4 Å². The summed E-state index contributed by atoms with van der Waals surface area (Å²) in [7, 11) is 0. The fourth-order valence-electron chi connectivity index (χ4n) is 3.42. The highest BCUT2D eigenvalue weighted by Crippen LogP contribution is 2.25. The van der Waals surface area contributed by atoms with Gasteiger partial charge in [0.25, 0.3) is 0 Å². The van der Waals surface area contributed by atoms with Crippen LogP contribution in [0.25, 0.3) is 0 Å². The molecule has 0 saturated carbocycles. The number of rotatable bonds is 2. The predicted molar refractivity (Wildman–Crippen MR) is 69.5 cm³/mol. The summed E-state index contributed by atoms with van der Waals surface area (Å²) in [5.74, 6) is 0.808. The van der Waals surface area contributed by atoms with Gasteiger partial charge in [-0.3, -0.25) is 9.59 Å². The van der Waals surface area contributed by atoms with Crippen molar-refractivity contribution in [1.29, 1.82) is 0 Å². The third kappa shape index (κ3) is 2.61. The Balaban J connectivity index is 1.65. The van der Waals surface area contributed by atoms with Crippen LogP contribution in [0.15, 0.2) is 0 Å². The van der Waals surface area contributed by atoms with Gasteiger partial charge in [-0.05, 0) is 38.0 Å². The molecule has 19 heavy (non-hydrogen) atoms. The first-order chi connectivity index (χ1) is 9.25. The van der Waals surface area contributed by atoms with Crippen molar-refractivity contribution in [2.45, 2.75) is 38.1 Å². The smallest absolute Gasteiger partial charge is 0.245 e. The second-order valence-corrected chi connectivity index (χ2v) is 5.87. The minimum absolute atomic E-state index is 0.136. The molecule has 3 rings (SSSR count). The molecular formula is C14H22N2O3. The lowest BCUT2D eigenvalue weighted by atomic mass is 9.95. The topological polar surface area (TPSA) is 49.9 Å². The maximum Gasteiger partial charge on any atom is 0.245 e. The van der Waals surface area contributed by atoms with Gasteiger partial charge in [0.1, 0.15) is 6.04 Å². The van der Waals surface area contributed by atoms with Crippen LogP contribution in [-0.4, -0.2) is 60.5 Å². The van der Waals surface area contributed by atoms with Crippen LogP contribution in [0, 0.1) is 5.92 Å². The summed E-state index contributed by atoms with van der Waals surface area (Å²) >= 11 is 0. The van der Waals surface area contributed by atoms with Gasteiger partial charge in [0.05, 0.1) is 6.54 Å². The Morgan fingerprint density at radius 2 is 1.89 bits per heavy atom. The number of carbonyl (C=O) groups excluding carboxylic acids is 2. The van der Waals surface area contributed by atoms with Crippen molar-refractivity contribution in [3.8, 4) is 0 Å². The summed E-state index contributed by atoms with van der Waals surface area (Å²) in [6.45, 7) is 3.36. The van der Waals surface area contributed by atoms with Crippen molar-refractivity contribution in [1.82, 2.24) is 9.80 Å². The van der Waals surface area contributed by atoms with Gasteiger partial charge in [0, 0.05) is 26.3 Å². The molecule has 106 valence electrons. The fourth-order valence-corrected chi connectivity index (χ4v) is 3.42. The first kappa shape index (κ1) is 12.9. The zero-order chi connectivity index (χ0) is 13.2. The average molecular weight is 266 g/mol. The fraction of sp³-hybridized carbons (Fsp3) is 0.857. The molecule has 2 amide bonds. The molecule has 0 aromatic rings. The maximum absolute atomic E-state index is 12.5. The first-order valence-electron chi connectivity index (χ1n) is 7.41. The second kappa shape index (κ2) is 5.49. The number of hydrogen-bond donors (Lipinski definition) is 0. The highest BCUT2D eigenvalue weighted by atomic mass is 16.5. The van der Waals surface area contributed by atoms with Crippen LogP contribution in [0.5, 0.6) is 0 Å². The van der Waals surface area contributed by atoms with Crippen molar-refractivity contribution in [2.75, 3.05) is 32.8 Å². The van der Waals surface area contributed by atoms with Crippen LogP contribution in [0.2, 0.25) is 0 Å². The van der Waals surface area contributed by atoms with Crippen LogP contribution in [0.1, 0.15) is 32.1 Å². The van der Waals surface area contributed by atoms with Crippen molar-refractivity contribution >= 4 is 11.8 Å². The Hall–Kier alpha value is -1.10. The van der Waals surface area contributed by atoms with E-state index < -0.39 is 0 Å². The molecule has 3 fully saturated rings. The molecule has 0 N–H and O–H groups in total. The standard InChI is InChI=1S/C14H22N2O3/c17-13-10-15(9-11-4-7-19-8-5-11)14(18)12-3-1-2-6-16(12)13/h11-12H,1-10H2. The lowest BCUT2D eigenvalue weighted by Crippen LogP contribution is -2.61. The Kier molecular flexibility index (Phi) is 3.73. The largest absolute Gasteiger partial charge is 0.381 e. The highest BCUT2D eigenvalue weighted by molar-refractivity contribution is 5.95. The summed E-state index contributed by atoms with van der Waals surface area (Å²) in [6.07, 6.45) is 4.95. The molecule has 0 radical (unpaired) electrons. The quantitative estimate of drug-likeness (QED) is 0.737. The summed E-state index contributed by atoms with van der Waals surface area (Å²) in [5, 5.41) is 0. The molecule has 0 aromatic heterocycles. The van der Waals surface area contributed by atoms with Crippen LogP contribution in [0.3, 0.4) is 0 Å². The van der Waals surface area contributed by atoms with Crippen LogP contribution in [0.4, 0.5) is 0 Å². The van der Waals surface area contributed by atoms with Crippen molar-refractivity contribution in [2.24, 2.45) is 5.92 Å². The molecule has 3 heterocycles. The van der Waals surface area contributed by atoms with Gasteiger partial charge >= 0.3 is 0 Å². The molecule has 0 aliphatic carbocycles. The summed E-state index contributed by atoms with van der Waals surface area (Å²) in [5.41, 5.74) is 0. The first-order valence-corrected chi connectivity index (χ1v) is 7.41. The molecule has 0 spiro atoms. The van der Waals surface area contributed by atoms with E-state index in [0.29, 0.717) is 5.92 Å². The number of carbonyl (C=O) groups is 2. The molecular weight excluding hydrogens is 244 g/mol. The van der Waals surface area contributed by atoms with E-state index in [1.54, 1.807) is 9.80 Å². The van der Waals surface area contributed by atoms with Gasteiger partial charge in [-0.2, -0.15) is 0 Å². The Morgan fingerprint density at radius 1 is 1.11 bits per heavy atom. The number of amides is 2. The molecule has 0 bridgehead atoms. The maximum atomic E-state index is 12.5. The lowest BCUT2D eigenvalue weighted by molar-refractivity contribution is -0.158. The molecule has 1 unspecified atom stereocenters. The minimum Gasteiger partial charge on any atom is -0.381 e. The van der Waals surface area contributed by atoms with Crippen LogP contribution >= 0.6 is 0 Å². The predicted octanol–water partition coefficient (Wildman–Crippen LogP) is 0.636. The van der Waals surface area contributed by atoms with Gasteiger partial charge in [-0.1, -0.05) is 0 Å². The lowest BCUT2D eigenvalue weighted by Gasteiger charge is -2.43. The number of nitrogens with zero attached hydrogens (tertiary/aromatic N) is 2. The van der Waals surface area contributed by atoms with Crippen molar-refractivity contribution in [3.63, 3.8) is 0 Å². The highest BCUT2D eigenvalue weighted by Gasteiger charge is 2.40. The van der Waals surface area contributed by atoms with E-state index in [2.05, 4.69) is 0 Å². The normalized spacial score (nSPS) is 29.6. The SMILES string of the molecule is O=C1C2CCCCN2C(=O)CN1CC1CCOCC1. The number of fused-ring (bicyclic) bond motifs is 1. The van der Waals surface area contributed by atoms with Crippen LogP contribution < -0.4 is 0 Å². The van der Waals surface area contributed by atoms with Gasteiger partial charge in [-0.25, -0.2) is 0 Å². The van der Waals surface area contributed by atoms with E-state index in [9.17, 15) is 9.59 Å². The van der Waals surface area contributed by atoms with Crippen molar-refractivity contribution < 1.29 is 14.3 Å². The van der Waals surface area contributed by atoms with E-state index >= 15 is 0 Å². The molecule has 5 heteroatoms. The Bertz CT molecular complexity index is 366. The zero-order valence-corrected chi connectivity index (χ0v) is 11.3. The van der Waals surface area contributed by atoms with E-state index in [4.69, 9.17) is 4.74 Å². The minimum atomic E-state index is -0.171. The molecule has 0 aromatic carbocycles. The zero-order valence-electron chi connectivity index (χ0n) is 11.3. The summed E-state index contributed by atoms with van der Waals surface area (Å²) in [6, 6.07) is -0.171. The molecule has 3 saturated heterocycles. The third-order valence-corrected chi connectivity index (χ3v) is 4.57. The van der Waals surface area contributed by atoms with E-state index in [1.165, 1.54) is 0 Å². The average Bonchev–Trinajstić information content (AvgIpc) is 2.46. The van der Waals surface area contributed by atoms with E-state index in [1.807, 2.05) is 0 Å². The summed E-state index contributed by atoms with van der Waals surface area (Å²) < 4.78 is 5.34. The van der Waals surface area contributed by atoms with Crippen molar-refractivity contribution in [3.05, 3.63) is 0 Å². The van der Waals surface area contributed by atoms with Crippen LogP contribution in [-0.2, 0) is 14.3 Å². The van der Waals surface area contributed by atoms with Gasteiger partial charge in [0.15, 0.2) is 0 Å². The Labute approximate surface area is 113 Å². The third-order valence-electron chi connectivity index (χ3n) is 4.57. The number of ether oxygens (including phenoxy) is 1. The number of hydrogen-bond acceptors (Lipinski definition) is 3. The molecule has 3 aliphatic heterocycles. The van der Waals surface area contributed by atoms with E-state index in [-0.39, 0.29) is 24.4 Å². The summed E-state index contributed by atoms with van der Waals surface area (Å²) in [4.78, 5) is 28.2. The number of piperazine rings is 1. The monoisotopic (exact) mass is 266 g/mol. The second-order valence-electron chi connectivity index (χ2n) is 5.87. The molecule has 1 atom stereocenters. The molecule has 3 aliphatic rings.